The van der Waals surface area contributed by atoms with Crippen molar-refractivity contribution in [2.75, 3.05) is 13.2 Å². The number of hydrogen-bond donors (Lipinski definition) is 2. The third-order valence-electron chi connectivity index (χ3n) is 2.35. The first kappa shape index (κ1) is 16.3. The van der Waals surface area contributed by atoms with Crippen LogP contribution in [0.15, 0.2) is 0 Å². The summed E-state index contributed by atoms with van der Waals surface area (Å²) in [6.45, 7) is 3.08. The first-order valence-corrected chi connectivity index (χ1v) is 6.15. The normalized spacial score (nSPS) is 12.4. The summed E-state index contributed by atoms with van der Waals surface area (Å²) >= 11 is 0. The van der Waals surface area contributed by atoms with E-state index in [0.717, 1.165) is 32.1 Å². The molecule has 0 fully saturated rings. The lowest BCUT2D eigenvalue weighted by molar-refractivity contribution is -0.326. The van der Waals surface area contributed by atoms with Gasteiger partial charge in [0.15, 0.2) is 6.10 Å². The van der Waals surface area contributed by atoms with Gasteiger partial charge in [0.05, 0.1) is 6.61 Å². The van der Waals surface area contributed by atoms with Crippen molar-refractivity contribution in [3.05, 3.63) is 0 Å². The van der Waals surface area contributed by atoms with E-state index in [0.29, 0.717) is 19.6 Å². The van der Waals surface area contributed by atoms with Gasteiger partial charge in [-0.15, -0.1) is 4.99 Å². The molecule has 0 aromatic rings. The number of carbonyl (C=O) groups is 1. The largest absolute Gasteiger partial charge is 0.464 e. The molecule has 0 amide bonds. The molecule has 0 saturated heterocycles. The predicted molar refractivity (Wildman–Crippen MR) is 63.5 cm³/mol. The van der Waals surface area contributed by atoms with E-state index in [1.54, 1.807) is 0 Å². The number of rotatable bonds is 11. The van der Waals surface area contributed by atoms with Crippen molar-refractivity contribution in [3.63, 3.8) is 0 Å². The topological polar surface area (TPSA) is 96.8 Å². The van der Waals surface area contributed by atoms with Crippen LogP contribution in [0.4, 0.5) is 0 Å². The summed E-state index contributed by atoms with van der Waals surface area (Å²) in [7, 11) is 0. The lowest BCUT2D eigenvalue weighted by Gasteiger charge is -2.13. The summed E-state index contributed by atoms with van der Waals surface area (Å²) < 4.78 is 5.03. The summed E-state index contributed by atoms with van der Waals surface area (Å²) in [5, 5.41) is 0. The fraction of sp³-hybridized carbons (Fsp3) is 0.909. The maximum atomic E-state index is 11.6. The smallest absolute Gasteiger partial charge is 0.338 e. The van der Waals surface area contributed by atoms with Gasteiger partial charge in [0.1, 0.15) is 0 Å². The lowest BCUT2D eigenvalue weighted by atomic mass is 10.1. The van der Waals surface area contributed by atoms with Crippen LogP contribution in [0.2, 0.25) is 0 Å². The standard InChI is InChI=1S/C11H24N2O4/c1-2-3-9-15-11(14)10(16-17-13)7-5-4-6-8-12/h10H,2-9,12-13H2,1H3. The molecule has 0 aliphatic carbocycles. The molecule has 0 saturated carbocycles. The van der Waals surface area contributed by atoms with Crippen LogP contribution < -0.4 is 11.6 Å². The van der Waals surface area contributed by atoms with Gasteiger partial charge < -0.3 is 10.5 Å². The average molecular weight is 248 g/mol. The molecule has 6 heteroatoms. The van der Waals surface area contributed by atoms with Crippen molar-refractivity contribution in [2.24, 2.45) is 11.6 Å². The van der Waals surface area contributed by atoms with Gasteiger partial charge >= 0.3 is 5.97 Å². The molecular weight excluding hydrogens is 224 g/mol. The second-order valence-corrected chi connectivity index (χ2v) is 3.84. The molecule has 4 N–H and O–H groups in total. The van der Waals surface area contributed by atoms with Crippen LogP contribution in [-0.4, -0.2) is 25.2 Å². The van der Waals surface area contributed by atoms with Gasteiger partial charge in [-0.05, 0) is 25.8 Å². The second kappa shape index (κ2) is 11.8. The SMILES string of the molecule is CCCCOC(=O)C(CCCCCN)OON. The molecule has 6 nitrogen and oxygen atoms in total. The Morgan fingerprint density at radius 3 is 2.59 bits per heavy atom. The third kappa shape index (κ3) is 9.05. The van der Waals surface area contributed by atoms with Gasteiger partial charge in [-0.2, -0.15) is 5.90 Å². The van der Waals surface area contributed by atoms with Gasteiger partial charge in [-0.1, -0.05) is 26.2 Å². The third-order valence-corrected chi connectivity index (χ3v) is 2.35. The highest BCUT2D eigenvalue weighted by Crippen LogP contribution is 2.09. The lowest BCUT2D eigenvalue weighted by Crippen LogP contribution is -2.28. The molecule has 0 spiro atoms. The minimum atomic E-state index is -0.741. The van der Waals surface area contributed by atoms with Crippen molar-refractivity contribution in [1.82, 2.24) is 0 Å². The molecule has 0 heterocycles. The quantitative estimate of drug-likeness (QED) is 0.245. The number of unbranched alkanes of at least 4 members (excludes halogenated alkanes) is 3. The van der Waals surface area contributed by atoms with Gasteiger partial charge in [-0.3, -0.25) is 0 Å². The summed E-state index contributed by atoms with van der Waals surface area (Å²) in [5.74, 6) is 4.38. The first-order valence-electron chi connectivity index (χ1n) is 6.15. The van der Waals surface area contributed by atoms with Crippen LogP contribution in [0.1, 0.15) is 45.4 Å². The van der Waals surface area contributed by atoms with E-state index in [4.69, 9.17) is 16.4 Å². The van der Waals surface area contributed by atoms with E-state index >= 15 is 0 Å². The Labute approximate surface area is 102 Å². The van der Waals surface area contributed by atoms with Crippen LogP contribution in [0.3, 0.4) is 0 Å². The molecule has 1 unspecified atom stereocenters. The van der Waals surface area contributed by atoms with Crippen LogP contribution in [0, 0.1) is 0 Å². The minimum absolute atomic E-state index is 0.405. The highest BCUT2D eigenvalue weighted by molar-refractivity contribution is 5.74. The van der Waals surface area contributed by atoms with Crippen LogP contribution in [0.5, 0.6) is 0 Å². The number of esters is 1. The first-order chi connectivity index (χ1) is 8.26. The molecule has 102 valence electrons. The Morgan fingerprint density at radius 1 is 1.24 bits per heavy atom. The maximum Gasteiger partial charge on any atom is 0.338 e. The molecule has 0 aliphatic heterocycles. The van der Waals surface area contributed by atoms with E-state index in [2.05, 4.69) is 9.88 Å². The molecule has 0 rings (SSSR count). The summed E-state index contributed by atoms with van der Waals surface area (Å²) in [6, 6.07) is 0. The van der Waals surface area contributed by atoms with Crippen LogP contribution in [0.25, 0.3) is 0 Å². The van der Waals surface area contributed by atoms with E-state index < -0.39 is 12.1 Å². The highest BCUT2D eigenvalue weighted by atomic mass is 17.3. The maximum absolute atomic E-state index is 11.6. The van der Waals surface area contributed by atoms with Crippen molar-refractivity contribution in [1.29, 1.82) is 0 Å². The minimum Gasteiger partial charge on any atom is -0.464 e. The number of carbonyl (C=O) groups excluding carboxylic acids is 1. The van der Waals surface area contributed by atoms with Gasteiger partial charge in [0.2, 0.25) is 0 Å². The fourth-order valence-electron chi connectivity index (χ4n) is 1.33. The van der Waals surface area contributed by atoms with Crippen molar-refractivity contribution < 1.29 is 19.4 Å². The average Bonchev–Trinajstić information content (AvgIpc) is 2.33. The zero-order valence-electron chi connectivity index (χ0n) is 10.5. The van der Waals surface area contributed by atoms with Gasteiger partial charge in [0.25, 0.3) is 0 Å². The molecule has 1 atom stereocenters. The molecule has 17 heavy (non-hydrogen) atoms. The zero-order valence-corrected chi connectivity index (χ0v) is 10.5. The zero-order chi connectivity index (χ0) is 12.9. The fourth-order valence-corrected chi connectivity index (χ4v) is 1.33. The number of ether oxygens (including phenoxy) is 1. The van der Waals surface area contributed by atoms with Crippen LogP contribution >= 0.6 is 0 Å². The second-order valence-electron chi connectivity index (χ2n) is 3.84. The van der Waals surface area contributed by atoms with Gasteiger partial charge in [0, 0.05) is 0 Å². The Balaban J connectivity index is 3.81. The molecular formula is C11H24N2O4. The van der Waals surface area contributed by atoms with E-state index in [1.807, 2.05) is 6.92 Å². The van der Waals surface area contributed by atoms with Crippen molar-refractivity contribution in [3.8, 4) is 0 Å². The van der Waals surface area contributed by atoms with Crippen molar-refractivity contribution in [2.45, 2.75) is 51.6 Å². The van der Waals surface area contributed by atoms with E-state index in [9.17, 15) is 4.79 Å². The Morgan fingerprint density at radius 2 is 2.00 bits per heavy atom. The monoisotopic (exact) mass is 248 g/mol. The van der Waals surface area contributed by atoms with Crippen LogP contribution in [-0.2, 0) is 19.4 Å². The molecule has 0 bridgehead atoms. The Bertz CT molecular complexity index is 190. The summed E-state index contributed by atoms with van der Waals surface area (Å²) in [4.78, 5) is 20.3. The number of nitrogens with two attached hydrogens (primary N) is 2. The number of hydrogen-bond acceptors (Lipinski definition) is 6. The van der Waals surface area contributed by atoms with E-state index in [1.165, 1.54) is 0 Å². The summed E-state index contributed by atoms with van der Waals surface area (Å²) in [6.07, 6.45) is 4.31. The Hall–Kier alpha value is -0.690. The van der Waals surface area contributed by atoms with Crippen molar-refractivity contribution >= 4 is 5.97 Å². The van der Waals surface area contributed by atoms with E-state index in [-0.39, 0.29) is 0 Å². The molecule has 0 aromatic carbocycles. The molecule has 0 aromatic heterocycles. The summed E-state index contributed by atoms with van der Waals surface area (Å²) in [5.41, 5.74) is 5.38. The molecule has 0 aliphatic rings. The van der Waals surface area contributed by atoms with Gasteiger partial charge in [-0.25, -0.2) is 9.68 Å². The molecule has 0 radical (unpaired) electrons. The highest BCUT2D eigenvalue weighted by Gasteiger charge is 2.21. The predicted octanol–water partition coefficient (Wildman–Crippen LogP) is 1.04. The Kier molecular flexibility index (Phi) is 11.3.